The van der Waals surface area contributed by atoms with Crippen LogP contribution in [0.2, 0.25) is 0 Å². The summed E-state index contributed by atoms with van der Waals surface area (Å²) in [5.41, 5.74) is -0.0797. The molecule has 0 amide bonds. The lowest BCUT2D eigenvalue weighted by atomic mass is 9.98. The number of rotatable bonds is 1. The van der Waals surface area contributed by atoms with Crippen LogP contribution in [0.5, 0.6) is 0 Å². The zero-order valence-corrected chi connectivity index (χ0v) is 11.5. The minimum Gasteiger partial charge on any atom is -0.391 e. The third kappa shape index (κ3) is 3.43. The third-order valence-corrected chi connectivity index (χ3v) is 4.01. The lowest BCUT2D eigenvalue weighted by Crippen LogP contribution is -2.57. The molecular weight excluding hydrogens is 214 g/mol. The van der Waals surface area contributed by atoms with Gasteiger partial charge in [0, 0.05) is 19.1 Å². The highest BCUT2D eigenvalue weighted by atomic mass is 16.5. The molecule has 2 aliphatic rings. The topological polar surface area (TPSA) is 32.7 Å². The quantitative estimate of drug-likeness (QED) is 0.714. The van der Waals surface area contributed by atoms with Gasteiger partial charge < -0.3 is 9.84 Å². The molecule has 1 heterocycles. The molecule has 0 spiro atoms. The van der Waals surface area contributed by atoms with Crippen molar-refractivity contribution in [2.45, 2.75) is 76.7 Å². The fraction of sp³-hybridized carbons (Fsp3) is 1.00. The molecule has 3 nitrogen and oxygen atoms in total. The number of ether oxygens (including phenoxy) is 1. The number of aliphatic hydroxyl groups is 1. The maximum absolute atomic E-state index is 10.3. The van der Waals surface area contributed by atoms with E-state index in [-0.39, 0.29) is 17.8 Å². The average molecular weight is 241 g/mol. The van der Waals surface area contributed by atoms with Crippen LogP contribution in [-0.4, -0.2) is 46.9 Å². The van der Waals surface area contributed by atoms with E-state index in [0.29, 0.717) is 6.04 Å². The fourth-order valence-electron chi connectivity index (χ4n) is 3.45. The minimum absolute atomic E-state index is 0.0797. The van der Waals surface area contributed by atoms with E-state index in [1.54, 1.807) is 0 Å². The van der Waals surface area contributed by atoms with Crippen LogP contribution < -0.4 is 0 Å². The summed E-state index contributed by atoms with van der Waals surface area (Å²) < 4.78 is 5.94. The lowest BCUT2D eigenvalue weighted by molar-refractivity contribution is -0.147. The molecule has 1 saturated carbocycles. The van der Waals surface area contributed by atoms with Crippen molar-refractivity contribution in [3.63, 3.8) is 0 Å². The van der Waals surface area contributed by atoms with Crippen LogP contribution in [0.4, 0.5) is 0 Å². The van der Waals surface area contributed by atoms with Gasteiger partial charge in [-0.25, -0.2) is 0 Å². The van der Waals surface area contributed by atoms with Gasteiger partial charge in [0.2, 0.25) is 0 Å². The number of hydrogen-bond donors (Lipinski definition) is 1. The standard InChI is InChI=1S/C14H27NO2/c1-11-9-15(10-14(2,3)17-11)12-7-5-4-6-8-13(12)16/h11-13,16H,4-10H2,1-3H3. The number of hydrogen-bond acceptors (Lipinski definition) is 3. The first-order chi connectivity index (χ1) is 7.98. The predicted molar refractivity (Wildman–Crippen MR) is 69.1 cm³/mol. The Bertz CT molecular complexity index is 255. The van der Waals surface area contributed by atoms with E-state index in [0.717, 1.165) is 25.9 Å². The predicted octanol–water partition coefficient (Wildman–Crippen LogP) is 2.18. The largest absolute Gasteiger partial charge is 0.391 e. The summed E-state index contributed by atoms with van der Waals surface area (Å²) in [5, 5.41) is 10.3. The molecule has 0 bridgehead atoms. The normalized spacial score (nSPS) is 39.9. The smallest absolute Gasteiger partial charge is 0.0757 e. The zero-order chi connectivity index (χ0) is 12.5. The summed E-state index contributed by atoms with van der Waals surface area (Å²) in [6, 6.07) is 0.350. The van der Waals surface area contributed by atoms with Gasteiger partial charge in [0.05, 0.1) is 17.8 Å². The molecule has 0 aromatic carbocycles. The van der Waals surface area contributed by atoms with Crippen LogP contribution in [0.3, 0.4) is 0 Å². The van der Waals surface area contributed by atoms with Crippen molar-refractivity contribution in [1.82, 2.24) is 4.90 Å². The summed E-state index contributed by atoms with van der Waals surface area (Å²) in [6.07, 6.45) is 5.96. The van der Waals surface area contributed by atoms with Crippen LogP contribution in [0.1, 0.15) is 52.9 Å². The lowest BCUT2D eigenvalue weighted by Gasteiger charge is -2.46. The molecule has 100 valence electrons. The van der Waals surface area contributed by atoms with E-state index >= 15 is 0 Å². The summed E-state index contributed by atoms with van der Waals surface area (Å²) in [6.45, 7) is 8.35. The second-order valence-corrected chi connectivity index (χ2v) is 6.39. The first-order valence-electron chi connectivity index (χ1n) is 7.08. The molecule has 0 radical (unpaired) electrons. The Morgan fingerprint density at radius 3 is 2.59 bits per heavy atom. The van der Waals surface area contributed by atoms with Crippen molar-refractivity contribution in [3.8, 4) is 0 Å². The number of aliphatic hydroxyl groups excluding tert-OH is 1. The highest BCUT2D eigenvalue weighted by Gasteiger charge is 2.37. The second kappa shape index (κ2) is 5.25. The van der Waals surface area contributed by atoms with Gasteiger partial charge in [-0.05, 0) is 33.6 Å². The van der Waals surface area contributed by atoms with Crippen molar-refractivity contribution in [2.24, 2.45) is 0 Å². The van der Waals surface area contributed by atoms with Crippen LogP contribution >= 0.6 is 0 Å². The van der Waals surface area contributed by atoms with E-state index in [2.05, 4.69) is 25.7 Å². The van der Waals surface area contributed by atoms with Crippen molar-refractivity contribution in [3.05, 3.63) is 0 Å². The Morgan fingerprint density at radius 1 is 1.18 bits per heavy atom. The molecule has 3 unspecified atom stereocenters. The van der Waals surface area contributed by atoms with E-state index in [1.807, 2.05) is 0 Å². The maximum Gasteiger partial charge on any atom is 0.0757 e. The minimum atomic E-state index is -0.140. The third-order valence-electron chi connectivity index (χ3n) is 4.01. The van der Waals surface area contributed by atoms with Crippen LogP contribution in [0.15, 0.2) is 0 Å². The Labute approximate surface area is 105 Å². The monoisotopic (exact) mass is 241 g/mol. The van der Waals surface area contributed by atoms with Gasteiger partial charge in [-0.15, -0.1) is 0 Å². The Hall–Kier alpha value is -0.120. The molecule has 1 aliphatic heterocycles. The maximum atomic E-state index is 10.3. The van der Waals surface area contributed by atoms with Gasteiger partial charge in [-0.2, -0.15) is 0 Å². The molecule has 3 heteroatoms. The summed E-state index contributed by atoms with van der Waals surface area (Å²) >= 11 is 0. The second-order valence-electron chi connectivity index (χ2n) is 6.39. The highest BCUT2D eigenvalue weighted by molar-refractivity contribution is 4.90. The molecule has 1 saturated heterocycles. The molecule has 1 aliphatic carbocycles. The van der Waals surface area contributed by atoms with Gasteiger partial charge in [-0.3, -0.25) is 4.90 Å². The van der Waals surface area contributed by atoms with E-state index < -0.39 is 0 Å². The molecule has 3 atom stereocenters. The average Bonchev–Trinajstić information content (AvgIpc) is 2.39. The highest BCUT2D eigenvalue weighted by Crippen LogP contribution is 2.28. The van der Waals surface area contributed by atoms with Crippen LogP contribution in [0.25, 0.3) is 0 Å². The van der Waals surface area contributed by atoms with E-state index in [9.17, 15) is 5.11 Å². The van der Waals surface area contributed by atoms with Crippen molar-refractivity contribution >= 4 is 0 Å². The fourth-order valence-corrected chi connectivity index (χ4v) is 3.45. The zero-order valence-electron chi connectivity index (χ0n) is 11.5. The molecule has 2 rings (SSSR count). The Kier molecular flexibility index (Phi) is 4.11. The molecule has 17 heavy (non-hydrogen) atoms. The number of morpholine rings is 1. The van der Waals surface area contributed by atoms with Gasteiger partial charge in [-0.1, -0.05) is 19.3 Å². The van der Waals surface area contributed by atoms with Gasteiger partial charge >= 0.3 is 0 Å². The Morgan fingerprint density at radius 2 is 1.88 bits per heavy atom. The molecule has 2 fully saturated rings. The van der Waals surface area contributed by atoms with Gasteiger partial charge in [0.25, 0.3) is 0 Å². The van der Waals surface area contributed by atoms with Crippen LogP contribution in [0, 0.1) is 0 Å². The number of nitrogens with zero attached hydrogens (tertiary/aromatic N) is 1. The summed E-state index contributed by atoms with van der Waals surface area (Å²) in [7, 11) is 0. The van der Waals surface area contributed by atoms with E-state index in [1.165, 1.54) is 19.3 Å². The molecule has 1 N–H and O–H groups in total. The van der Waals surface area contributed by atoms with Crippen molar-refractivity contribution < 1.29 is 9.84 Å². The van der Waals surface area contributed by atoms with Crippen LogP contribution in [-0.2, 0) is 4.74 Å². The van der Waals surface area contributed by atoms with E-state index in [4.69, 9.17) is 4.74 Å². The molecule has 0 aromatic rings. The summed E-state index contributed by atoms with van der Waals surface area (Å²) in [5.74, 6) is 0. The van der Waals surface area contributed by atoms with Crippen molar-refractivity contribution in [2.75, 3.05) is 13.1 Å². The first-order valence-corrected chi connectivity index (χ1v) is 7.08. The Balaban J connectivity index is 2.04. The summed E-state index contributed by atoms with van der Waals surface area (Å²) in [4.78, 5) is 2.46. The van der Waals surface area contributed by atoms with Gasteiger partial charge in [0.1, 0.15) is 0 Å². The van der Waals surface area contributed by atoms with Gasteiger partial charge in [0.15, 0.2) is 0 Å². The SMILES string of the molecule is CC1CN(C2CCCCCC2O)CC(C)(C)O1. The molecule has 0 aromatic heterocycles. The van der Waals surface area contributed by atoms with Crippen molar-refractivity contribution in [1.29, 1.82) is 0 Å². The molecular formula is C14H27NO2. The first kappa shape index (κ1) is 13.3.